The lowest BCUT2D eigenvalue weighted by Gasteiger charge is -2.43. The molecule has 0 N–H and O–H groups in total. The van der Waals surface area contributed by atoms with Crippen LogP contribution >= 0.6 is 0 Å². The van der Waals surface area contributed by atoms with E-state index in [1.807, 2.05) is 13.0 Å². The Morgan fingerprint density at radius 1 is 0.917 bits per heavy atom. The minimum Gasteiger partial charge on any atom is -0.461 e. The maximum absolute atomic E-state index is 13.3. The number of hydrogen-bond acceptors (Lipinski definition) is 5. The van der Waals surface area contributed by atoms with Gasteiger partial charge in [0, 0.05) is 24.9 Å². The number of Topliss-reactive ketones (excluding diaryl/α,β-unsaturated/α-hetero) is 1. The molecule has 0 amide bonds. The van der Waals surface area contributed by atoms with Crippen LogP contribution in [-0.2, 0) is 23.2 Å². The van der Waals surface area contributed by atoms with Crippen LogP contribution in [0.2, 0.25) is 36.3 Å². The van der Waals surface area contributed by atoms with Gasteiger partial charge in [0.05, 0.1) is 6.61 Å². The summed E-state index contributed by atoms with van der Waals surface area (Å²) in [4.78, 5) is 25.5. The molecule has 3 atom stereocenters. The van der Waals surface area contributed by atoms with Crippen LogP contribution in [0.25, 0.3) is 0 Å². The molecule has 210 valence electrons. The van der Waals surface area contributed by atoms with Crippen LogP contribution in [0.1, 0.15) is 95.4 Å². The monoisotopic (exact) mass is 540 g/mol. The number of ether oxygens (including phenoxy) is 1. The number of hydrogen-bond donors (Lipinski definition) is 0. The standard InChI is InChI=1S/C29H56O5Si2/c1-21(16-17-32-35(12,13)26(3,4)5)24(31)18-25(33-22(2)30)29(11)20-23(19-28(29,9)10)34-36(14,15)27(6,7)8/h16,23,25H,17-20H2,1-15H3/b21-16+/t23-,25?,29-/m0/s1. The first-order valence-corrected chi connectivity index (χ1v) is 19.4. The second-order valence-electron chi connectivity index (χ2n) is 14.9. The Hall–Kier alpha value is -0.766. The Balaban J connectivity index is 3.10. The van der Waals surface area contributed by atoms with Crippen LogP contribution in [0.5, 0.6) is 0 Å². The Bertz CT molecular complexity index is 830. The molecule has 7 heteroatoms. The van der Waals surface area contributed by atoms with Crippen molar-refractivity contribution in [2.45, 2.75) is 144 Å². The van der Waals surface area contributed by atoms with Crippen LogP contribution in [0.3, 0.4) is 0 Å². The minimum atomic E-state index is -1.95. The van der Waals surface area contributed by atoms with E-state index in [1.54, 1.807) is 0 Å². The molecule has 0 aromatic heterocycles. The van der Waals surface area contributed by atoms with Gasteiger partial charge >= 0.3 is 5.97 Å². The quantitative estimate of drug-likeness (QED) is 0.159. The van der Waals surface area contributed by atoms with Gasteiger partial charge in [-0.2, -0.15) is 0 Å². The summed E-state index contributed by atoms with van der Waals surface area (Å²) in [6, 6.07) is 0. The summed E-state index contributed by atoms with van der Waals surface area (Å²) in [5, 5.41) is 0.237. The van der Waals surface area contributed by atoms with Crippen LogP contribution in [0.15, 0.2) is 11.6 Å². The van der Waals surface area contributed by atoms with Gasteiger partial charge < -0.3 is 13.6 Å². The molecule has 1 rings (SSSR count). The fraction of sp³-hybridized carbons (Fsp3) is 0.862. The molecule has 0 saturated heterocycles. The van der Waals surface area contributed by atoms with Crippen molar-refractivity contribution in [3.63, 3.8) is 0 Å². The lowest BCUT2D eigenvalue weighted by Crippen LogP contribution is -2.45. The molecule has 0 spiro atoms. The van der Waals surface area contributed by atoms with Crippen molar-refractivity contribution >= 4 is 28.4 Å². The van der Waals surface area contributed by atoms with Crippen LogP contribution in [0, 0.1) is 10.8 Å². The zero-order valence-corrected chi connectivity index (χ0v) is 28.1. The first-order valence-electron chi connectivity index (χ1n) is 13.6. The number of rotatable bonds is 10. The van der Waals surface area contributed by atoms with Gasteiger partial charge in [-0.3, -0.25) is 9.59 Å². The average Bonchev–Trinajstić information content (AvgIpc) is 2.86. The fourth-order valence-electron chi connectivity index (χ4n) is 4.50. The molecule has 1 aliphatic carbocycles. The lowest BCUT2D eigenvalue weighted by molar-refractivity contribution is -0.159. The summed E-state index contributed by atoms with van der Waals surface area (Å²) in [5.41, 5.74) is 0.141. The molecule has 0 aromatic rings. The molecule has 36 heavy (non-hydrogen) atoms. The van der Waals surface area contributed by atoms with Crippen molar-refractivity contribution in [2.24, 2.45) is 10.8 Å². The molecular formula is C29H56O5Si2. The molecule has 1 saturated carbocycles. The van der Waals surface area contributed by atoms with Crippen molar-refractivity contribution in [1.29, 1.82) is 0 Å². The third kappa shape index (κ3) is 7.87. The van der Waals surface area contributed by atoms with E-state index in [0.717, 1.165) is 12.8 Å². The van der Waals surface area contributed by atoms with E-state index < -0.39 is 22.7 Å². The van der Waals surface area contributed by atoms with Crippen LogP contribution in [0.4, 0.5) is 0 Å². The van der Waals surface area contributed by atoms with E-state index in [4.69, 9.17) is 13.6 Å². The molecule has 1 aliphatic rings. The van der Waals surface area contributed by atoms with Gasteiger partial charge in [0.25, 0.3) is 0 Å². The number of allylic oxidation sites excluding steroid dienone is 1. The number of ketones is 1. The highest BCUT2D eigenvalue weighted by Gasteiger charge is 2.57. The number of carbonyl (C=O) groups excluding carboxylic acids is 2. The topological polar surface area (TPSA) is 61.8 Å². The normalized spacial score (nSPS) is 24.5. The van der Waals surface area contributed by atoms with Gasteiger partial charge in [0.15, 0.2) is 22.4 Å². The first kappa shape index (κ1) is 33.3. The van der Waals surface area contributed by atoms with Gasteiger partial charge in [-0.05, 0) is 67.0 Å². The van der Waals surface area contributed by atoms with Crippen molar-refractivity contribution in [1.82, 2.24) is 0 Å². The van der Waals surface area contributed by atoms with Gasteiger partial charge in [-0.25, -0.2) is 0 Å². The molecule has 5 nitrogen and oxygen atoms in total. The average molecular weight is 541 g/mol. The fourth-order valence-corrected chi connectivity index (χ4v) is 6.79. The molecule has 0 aromatic carbocycles. The van der Waals surface area contributed by atoms with E-state index >= 15 is 0 Å². The third-order valence-corrected chi connectivity index (χ3v) is 18.7. The zero-order chi connectivity index (χ0) is 28.5. The van der Waals surface area contributed by atoms with Crippen molar-refractivity contribution in [3.05, 3.63) is 11.6 Å². The molecule has 0 heterocycles. The van der Waals surface area contributed by atoms with Crippen LogP contribution < -0.4 is 0 Å². The summed E-state index contributed by atoms with van der Waals surface area (Å²) >= 11 is 0. The van der Waals surface area contributed by atoms with Gasteiger partial charge in [-0.15, -0.1) is 0 Å². The molecule has 1 unspecified atom stereocenters. The van der Waals surface area contributed by atoms with Crippen molar-refractivity contribution in [2.75, 3.05) is 6.61 Å². The van der Waals surface area contributed by atoms with E-state index in [1.165, 1.54) is 6.92 Å². The smallest absolute Gasteiger partial charge is 0.302 e. The Labute approximate surface area is 224 Å². The number of carbonyl (C=O) groups is 2. The van der Waals surface area contributed by atoms with Crippen molar-refractivity contribution in [3.8, 4) is 0 Å². The molecular weight excluding hydrogens is 484 g/mol. The summed E-state index contributed by atoms with van der Waals surface area (Å²) in [5.74, 6) is -0.340. The molecule has 0 bridgehead atoms. The Morgan fingerprint density at radius 3 is 1.86 bits per heavy atom. The molecule has 0 radical (unpaired) electrons. The van der Waals surface area contributed by atoms with Gasteiger partial charge in [0.1, 0.15) is 6.10 Å². The predicted octanol–water partition coefficient (Wildman–Crippen LogP) is 8.06. The minimum absolute atomic E-state index is 0.00544. The largest absolute Gasteiger partial charge is 0.461 e. The zero-order valence-electron chi connectivity index (χ0n) is 26.1. The van der Waals surface area contributed by atoms with Crippen molar-refractivity contribution < 1.29 is 23.2 Å². The predicted molar refractivity (Wildman–Crippen MR) is 155 cm³/mol. The maximum Gasteiger partial charge on any atom is 0.302 e. The third-order valence-electron chi connectivity index (χ3n) is 9.67. The molecule has 1 fully saturated rings. The Kier molecular flexibility index (Phi) is 10.3. The van der Waals surface area contributed by atoms with E-state index in [9.17, 15) is 9.59 Å². The summed E-state index contributed by atoms with van der Waals surface area (Å²) < 4.78 is 18.9. The van der Waals surface area contributed by atoms with E-state index in [0.29, 0.717) is 12.2 Å². The van der Waals surface area contributed by atoms with E-state index in [-0.39, 0.29) is 45.2 Å². The highest BCUT2D eigenvalue weighted by atomic mass is 28.4. The maximum atomic E-state index is 13.3. The van der Waals surface area contributed by atoms with Crippen LogP contribution in [-0.4, -0.2) is 47.2 Å². The second-order valence-corrected chi connectivity index (χ2v) is 24.5. The second kappa shape index (κ2) is 11.1. The molecule has 0 aliphatic heterocycles. The SMILES string of the molecule is CC(=O)OC(CC(=O)/C(C)=C/CO[Si](C)(C)C(C)(C)C)[C@]1(C)C[C@@H](O[Si](C)(C)C(C)(C)C)CC1(C)C. The van der Waals surface area contributed by atoms with E-state index in [2.05, 4.69) is 88.5 Å². The van der Waals surface area contributed by atoms with Gasteiger partial charge in [0.2, 0.25) is 0 Å². The summed E-state index contributed by atoms with van der Waals surface area (Å²) in [6.07, 6.45) is 3.31. The highest BCUT2D eigenvalue weighted by Crippen LogP contribution is 2.57. The summed E-state index contributed by atoms with van der Waals surface area (Å²) in [6.45, 7) is 32.7. The lowest BCUT2D eigenvalue weighted by atomic mass is 9.64. The first-order chi connectivity index (χ1) is 15.9. The van der Waals surface area contributed by atoms with Gasteiger partial charge in [-0.1, -0.05) is 68.4 Å². The Morgan fingerprint density at radius 2 is 1.42 bits per heavy atom. The highest BCUT2D eigenvalue weighted by molar-refractivity contribution is 6.74. The number of esters is 1. The summed E-state index contributed by atoms with van der Waals surface area (Å²) in [7, 11) is -3.84.